The molecule has 2 aliphatic rings. The SMILES string of the molecule is CC1(C)CC(=O)C2=C(C1)N(c1nnc(SCC(=O)Nc3ccc(F)cc3)s1)C(N)=C(C#N)C2c1ccccc1. The van der Waals surface area contributed by atoms with E-state index >= 15 is 0 Å². The van der Waals surface area contributed by atoms with E-state index in [1.807, 2.05) is 44.2 Å². The van der Waals surface area contributed by atoms with Gasteiger partial charge in [0, 0.05) is 23.4 Å². The monoisotopic (exact) mass is 560 g/mol. The van der Waals surface area contributed by atoms with Crippen molar-refractivity contribution < 1.29 is 14.0 Å². The Morgan fingerprint density at radius 1 is 1.21 bits per heavy atom. The van der Waals surface area contributed by atoms with Gasteiger partial charge in [-0.1, -0.05) is 67.3 Å². The number of nitrogens with two attached hydrogens (primary N) is 1. The molecule has 2 aromatic carbocycles. The van der Waals surface area contributed by atoms with Gasteiger partial charge in [0.25, 0.3) is 0 Å². The number of hydrogen-bond donors (Lipinski definition) is 2. The Bertz CT molecular complexity index is 1540. The normalized spacial score (nSPS) is 18.6. The number of anilines is 2. The second kappa shape index (κ2) is 10.6. The first-order valence-corrected chi connectivity index (χ1v) is 14.0. The first-order chi connectivity index (χ1) is 18.7. The van der Waals surface area contributed by atoms with Crippen LogP contribution in [0, 0.1) is 22.6 Å². The number of thioether (sulfide) groups is 1. The predicted molar refractivity (Wildman–Crippen MR) is 149 cm³/mol. The van der Waals surface area contributed by atoms with Crippen molar-refractivity contribution in [3.05, 3.63) is 88.6 Å². The van der Waals surface area contributed by atoms with Gasteiger partial charge in [0.15, 0.2) is 10.1 Å². The third kappa shape index (κ3) is 5.44. The van der Waals surface area contributed by atoms with Gasteiger partial charge in [0.1, 0.15) is 11.6 Å². The van der Waals surface area contributed by atoms with Crippen LogP contribution in [-0.4, -0.2) is 27.6 Å². The van der Waals surface area contributed by atoms with Crippen molar-refractivity contribution in [1.82, 2.24) is 10.2 Å². The molecule has 1 aliphatic heterocycles. The number of nitrogens with zero attached hydrogens (tertiary/aromatic N) is 4. The number of amides is 1. The molecule has 0 bridgehead atoms. The third-order valence-electron chi connectivity index (χ3n) is 6.56. The number of aromatic nitrogens is 2. The van der Waals surface area contributed by atoms with Crippen molar-refractivity contribution in [1.29, 1.82) is 5.26 Å². The number of ketones is 1. The molecule has 1 amide bonds. The summed E-state index contributed by atoms with van der Waals surface area (Å²) in [5, 5.41) is 21.9. The second-order valence-electron chi connectivity index (χ2n) is 10.1. The standard InChI is InChI=1S/C28H25FN6O2S2/c1-28(2)12-20-24(21(36)13-28)23(16-6-4-3-5-7-16)19(14-30)25(31)35(20)26-33-34-27(39-26)38-15-22(37)32-18-10-8-17(29)9-11-18/h3-11,23H,12-13,15,31H2,1-2H3,(H,32,37). The number of carbonyl (C=O) groups is 2. The summed E-state index contributed by atoms with van der Waals surface area (Å²) in [7, 11) is 0. The molecule has 5 rings (SSSR count). The summed E-state index contributed by atoms with van der Waals surface area (Å²) in [5.74, 6) is -0.943. The van der Waals surface area contributed by atoms with Crippen LogP contribution in [0.2, 0.25) is 0 Å². The number of rotatable bonds is 6. The topological polar surface area (TPSA) is 125 Å². The fourth-order valence-corrected chi connectivity index (χ4v) is 6.60. The number of hydrogen-bond acceptors (Lipinski definition) is 9. The molecule has 3 N–H and O–H groups in total. The van der Waals surface area contributed by atoms with E-state index in [1.54, 1.807) is 4.90 Å². The molecule has 1 unspecified atom stereocenters. The van der Waals surface area contributed by atoms with Crippen LogP contribution >= 0.6 is 23.1 Å². The average molecular weight is 561 g/mol. The Labute approximate surface area is 233 Å². The van der Waals surface area contributed by atoms with Crippen LogP contribution in [0.3, 0.4) is 0 Å². The average Bonchev–Trinajstić information content (AvgIpc) is 3.36. The Hall–Kier alpha value is -4.01. The number of Topliss-reactive ketones (excluding diaryl/α,β-unsaturated/α-hetero) is 1. The van der Waals surface area contributed by atoms with Crippen molar-refractivity contribution in [2.24, 2.45) is 11.1 Å². The molecular formula is C28H25FN6O2S2. The lowest BCUT2D eigenvalue weighted by Gasteiger charge is -2.42. The van der Waals surface area contributed by atoms with Gasteiger partial charge < -0.3 is 11.1 Å². The maximum Gasteiger partial charge on any atom is 0.234 e. The molecule has 3 aromatic rings. The van der Waals surface area contributed by atoms with E-state index in [9.17, 15) is 19.2 Å². The molecule has 0 saturated carbocycles. The fourth-order valence-electron chi connectivity index (χ4n) is 4.91. The van der Waals surface area contributed by atoms with Crippen LogP contribution in [0.25, 0.3) is 0 Å². The van der Waals surface area contributed by atoms with E-state index < -0.39 is 5.92 Å². The third-order valence-corrected chi connectivity index (χ3v) is 8.60. The fraction of sp³-hybridized carbons (Fsp3) is 0.250. The van der Waals surface area contributed by atoms with Crippen LogP contribution in [-0.2, 0) is 9.59 Å². The number of nitriles is 1. The predicted octanol–water partition coefficient (Wildman–Crippen LogP) is 5.35. The van der Waals surface area contributed by atoms with Gasteiger partial charge in [-0.3, -0.25) is 14.5 Å². The lowest BCUT2D eigenvalue weighted by Crippen LogP contribution is -2.42. The van der Waals surface area contributed by atoms with Crippen LogP contribution in [0.5, 0.6) is 0 Å². The summed E-state index contributed by atoms with van der Waals surface area (Å²) >= 11 is 2.43. The zero-order valence-corrected chi connectivity index (χ0v) is 22.9. The van der Waals surface area contributed by atoms with Gasteiger partial charge in [0.05, 0.1) is 23.3 Å². The Balaban J connectivity index is 1.45. The molecule has 1 aliphatic carbocycles. The molecular weight excluding hydrogens is 535 g/mol. The molecule has 1 atom stereocenters. The number of halogens is 1. The highest BCUT2D eigenvalue weighted by atomic mass is 32.2. The highest BCUT2D eigenvalue weighted by Gasteiger charge is 2.45. The van der Waals surface area contributed by atoms with Crippen LogP contribution in [0.4, 0.5) is 15.2 Å². The number of nitrogens with one attached hydrogen (secondary N) is 1. The molecule has 0 fully saturated rings. The lowest BCUT2D eigenvalue weighted by atomic mass is 9.69. The van der Waals surface area contributed by atoms with Gasteiger partial charge >= 0.3 is 0 Å². The Morgan fingerprint density at radius 3 is 2.62 bits per heavy atom. The first-order valence-electron chi connectivity index (χ1n) is 12.2. The lowest BCUT2D eigenvalue weighted by molar-refractivity contribution is -0.118. The molecule has 2 heterocycles. The van der Waals surface area contributed by atoms with Gasteiger partial charge in [-0.15, -0.1) is 10.2 Å². The molecule has 0 radical (unpaired) electrons. The van der Waals surface area contributed by atoms with Crippen LogP contribution < -0.4 is 16.0 Å². The first kappa shape index (κ1) is 26.6. The van der Waals surface area contributed by atoms with E-state index in [4.69, 9.17) is 5.73 Å². The summed E-state index contributed by atoms with van der Waals surface area (Å²) in [6.07, 6.45) is 0.932. The Morgan fingerprint density at radius 2 is 1.92 bits per heavy atom. The molecule has 198 valence electrons. The summed E-state index contributed by atoms with van der Waals surface area (Å²) in [4.78, 5) is 27.6. The second-order valence-corrected chi connectivity index (χ2v) is 12.3. The molecule has 0 spiro atoms. The van der Waals surface area contributed by atoms with Crippen molar-refractivity contribution in [2.45, 2.75) is 36.9 Å². The molecule has 8 nitrogen and oxygen atoms in total. The van der Waals surface area contributed by atoms with Crippen LogP contribution in [0.1, 0.15) is 38.2 Å². The highest BCUT2D eigenvalue weighted by Crippen LogP contribution is 2.50. The highest BCUT2D eigenvalue weighted by molar-refractivity contribution is 8.01. The Kier molecular flexibility index (Phi) is 7.25. The molecule has 1 aromatic heterocycles. The van der Waals surface area contributed by atoms with E-state index in [0.717, 1.165) is 11.3 Å². The number of carbonyl (C=O) groups excluding carboxylic acids is 2. The van der Waals surface area contributed by atoms with Gasteiger partial charge in [-0.05, 0) is 41.7 Å². The van der Waals surface area contributed by atoms with E-state index in [1.165, 1.54) is 47.4 Å². The van der Waals surface area contributed by atoms with Crippen molar-refractivity contribution in [3.8, 4) is 6.07 Å². The maximum absolute atomic E-state index is 13.6. The van der Waals surface area contributed by atoms with Crippen molar-refractivity contribution in [3.63, 3.8) is 0 Å². The zero-order valence-electron chi connectivity index (χ0n) is 21.3. The van der Waals surface area contributed by atoms with Gasteiger partial charge in [0.2, 0.25) is 11.0 Å². The molecule has 0 saturated heterocycles. The minimum atomic E-state index is -0.553. The summed E-state index contributed by atoms with van der Waals surface area (Å²) in [6, 6.07) is 17.2. The van der Waals surface area contributed by atoms with E-state index in [0.29, 0.717) is 33.6 Å². The number of allylic oxidation sites excluding steroid dienone is 3. The molecule has 39 heavy (non-hydrogen) atoms. The minimum absolute atomic E-state index is 0.0167. The maximum atomic E-state index is 13.6. The minimum Gasteiger partial charge on any atom is -0.384 e. The van der Waals surface area contributed by atoms with Gasteiger partial charge in [-0.2, -0.15) is 5.26 Å². The summed E-state index contributed by atoms with van der Waals surface area (Å²) in [6.45, 7) is 4.07. The largest absolute Gasteiger partial charge is 0.384 e. The van der Waals surface area contributed by atoms with Crippen molar-refractivity contribution >= 4 is 45.6 Å². The number of benzene rings is 2. The van der Waals surface area contributed by atoms with E-state index in [-0.39, 0.29) is 40.1 Å². The van der Waals surface area contributed by atoms with E-state index in [2.05, 4.69) is 21.6 Å². The van der Waals surface area contributed by atoms with Crippen molar-refractivity contribution in [2.75, 3.05) is 16.0 Å². The summed E-state index contributed by atoms with van der Waals surface area (Å²) < 4.78 is 13.6. The molecule has 11 heteroatoms. The summed E-state index contributed by atoms with van der Waals surface area (Å²) in [5.41, 5.74) is 9.24. The zero-order chi connectivity index (χ0) is 27.7. The quantitative estimate of drug-likeness (QED) is 0.387. The van der Waals surface area contributed by atoms with Crippen LogP contribution in [0.15, 0.2) is 81.6 Å². The van der Waals surface area contributed by atoms with Gasteiger partial charge in [-0.25, -0.2) is 4.39 Å². The smallest absolute Gasteiger partial charge is 0.234 e.